The van der Waals surface area contributed by atoms with Crippen LogP contribution in [0.15, 0.2) is 16.5 Å². The van der Waals surface area contributed by atoms with Gasteiger partial charge in [-0.15, -0.1) is 0 Å². The molecule has 2 rings (SSSR count). The van der Waals surface area contributed by atoms with Gasteiger partial charge in [0.05, 0.1) is 12.1 Å². The number of furan rings is 1. The Balaban J connectivity index is 1.71. The molecule has 1 heterocycles. The van der Waals surface area contributed by atoms with Crippen molar-refractivity contribution in [1.29, 1.82) is 0 Å². The number of aryl methyl sites for hydroxylation is 1. The summed E-state index contributed by atoms with van der Waals surface area (Å²) in [7, 11) is 0. The SMILES string of the molecule is Cc1ccc(C(C)NC(=O)COC2CCCCC2)o1. The summed E-state index contributed by atoms with van der Waals surface area (Å²) in [5.74, 6) is 1.56. The number of ether oxygens (including phenoxy) is 1. The molecular weight excluding hydrogens is 242 g/mol. The van der Waals surface area contributed by atoms with Crippen LogP contribution in [-0.2, 0) is 9.53 Å². The Kier molecular flexibility index (Phi) is 5.02. The van der Waals surface area contributed by atoms with Crippen molar-refractivity contribution in [1.82, 2.24) is 5.32 Å². The Morgan fingerprint density at radius 1 is 1.42 bits per heavy atom. The number of hydrogen-bond donors (Lipinski definition) is 1. The van der Waals surface area contributed by atoms with Gasteiger partial charge >= 0.3 is 0 Å². The molecule has 0 saturated heterocycles. The first-order valence-corrected chi connectivity index (χ1v) is 7.12. The molecule has 106 valence electrons. The predicted molar refractivity (Wildman–Crippen MR) is 72.8 cm³/mol. The second-order valence-corrected chi connectivity index (χ2v) is 5.31. The molecule has 1 aliphatic rings. The highest BCUT2D eigenvalue weighted by Gasteiger charge is 2.17. The Morgan fingerprint density at radius 2 is 2.16 bits per heavy atom. The zero-order chi connectivity index (χ0) is 13.7. The van der Waals surface area contributed by atoms with Gasteiger partial charge in [0.15, 0.2) is 0 Å². The summed E-state index contributed by atoms with van der Waals surface area (Å²) in [5.41, 5.74) is 0. The lowest BCUT2D eigenvalue weighted by molar-refractivity contribution is -0.129. The molecule has 0 bridgehead atoms. The molecule has 1 N–H and O–H groups in total. The van der Waals surface area contributed by atoms with Gasteiger partial charge in [0, 0.05) is 0 Å². The normalized spacial score (nSPS) is 18.2. The number of amides is 1. The third-order valence-electron chi connectivity index (χ3n) is 3.57. The minimum atomic E-state index is -0.115. The average Bonchev–Trinajstić information content (AvgIpc) is 2.84. The zero-order valence-electron chi connectivity index (χ0n) is 11.8. The number of carbonyl (C=O) groups is 1. The van der Waals surface area contributed by atoms with Crippen molar-refractivity contribution in [2.24, 2.45) is 0 Å². The molecule has 1 unspecified atom stereocenters. The zero-order valence-corrected chi connectivity index (χ0v) is 11.8. The van der Waals surface area contributed by atoms with Gasteiger partial charge in [0.1, 0.15) is 18.1 Å². The van der Waals surface area contributed by atoms with Gasteiger partial charge in [-0.3, -0.25) is 4.79 Å². The van der Waals surface area contributed by atoms with E-state index in [2.05, 4.69) is 5.32 Å². The van der Waals surface area contributed by atoms with Gasteiger partial charge in [-0.2, -0.15) is 0 Å². The highest BCUT2D eigenvalue weighted by Crippen LogP contribution is 2.20. The quantitative estimate of drug-likeness (QED) is 0.890. The number of nitrogens with one attached hydrogen (secondary N) is 1. The van der Waals surface area contributed by atoms with Crippen LogP contribution in [0, 0.1) is 6.92 Å². The maximum atomic E-state index is 11.8. The first kappa shape index (κ1) is 14.1. The molecule has 0 aromatic carbocycles. The fraction of sp³-hybridized carbons (Fsp3) is 0.667. The van der Waals surface area contributed by atoms with E-state index in [9.17, 15) is 4.79 Å². The third-order valence-corrected chi connectivity index (χ3v) is 3.57. The van der Waals surface area contributed by atoms with Crippen LogP contribution in [0.4, 0.5) is 0 Å². The van der Waals surface area contributed by atoms with Gasteiger partial charge in [0.2, 0.25) is 5.91 Å². The fourth-order valence-electron chi connectivity index (χ4n) is 2.47. The smallest absolute Gasteiger partial charge is 0.246 e. The molecule has 19 heavy (non-hydrogen) atoms. The van der Waals surface area contributed by atoms with Crippen molar-refractivity contribution >= 4 is 5.91 Å². The van der Waals surface area contributed by atoms with Gasteiger partial charge in [-0.25, -0.2) is 0 Å². The lowest BCUT2D eigenvalue weighted by Gasteiger charge is -2.22. The summed E-state index contributed by atoms with van der Waals surface area (Å²) in [4.78, 5) is 11.8. The maximum Gasteiger partial charge on any atom is 0.246 e. The molecule has 1 aromatic heterocycles. The van der Waals surface area contributed by atoms with E-state index >= 15 is 0 Å². The van der Waals surface area contributed by atoms with Crippen molar-refractivity contribution in [3.63, 3.8) is 0 Å². The standard InChI is InChI=1S/C15H23NO3/c1-11-8-9-14(19-11)12(2)16-15(17)10-18-13-6-4-3-5-7-13/h8-9,12-13H,3-7,10H2,1-2H3,(H,16,17). The number of rotatable bonds is 5. The van der Waals surface area contributed by atoms with Crippen LogP contribution in [-0.4, -0.2) is 18.6 Å². The van der Waals surface area contributed by atoms with E-state index in [1.54, 1.807) is 0 Å². The molecule has 0 aliphatic heterocycles. The average molecular weight is 265 g/mol. The van der Waals surface area contributed by atoms with Crippen LogP contribution >= 0.6 is 0 Å². The molecule has 1 aliphatic carbocycles. The fourth-order valence-corrected chi connectivity index (χ4v) is 2.47. The molecule has 0 radical (unpaired) electrons. The van der Waals surface area contributed by atoms with E-state index in [4.69, 9.17) is 9.15 Å². The predicted octanol–water partition coefficient (Wildman–Crippen LogP) is 3.11. The van der Waals surface area contributed by atoms with Crippen molar-refractivity contribution in [2.45, 2.75) is 58.1 Å². The van der Waals surface area contributed by atoms with E-state index in [1.165, 1.54) is 19.3 Å². The Bertz CT molecular complexity index is 407. The molecule has 0 spiro atoms. The Hall–Kier alpha value is -1.29. The van der Waals surface area contributed by atoms with E-state index < -0.39 is 0 Å². The van der Waals surface area contributed by atoms with Crippen LogP contribution < -0.4 is 5.32 Å². The van der Waals surface area contributed by atoms with Crippen LogP contribution in [0.5, 0.6) is 0 Å². The van der Waals surface area contributed by atoms with E-state index in [-0.39, 0.29) is 24.7 Å². The Labute approximate surface area is 114 Å². The third kappa shape index (κ3) is 4.39. The first-order chi connectivity index (χ1) is 9.15. The molecule has 1 aromatic rings. The van der Waals surface area contributed by atoms with E-state index in [0.29, 0.717) is 0 Å². The summed E-state index contributed by atoms with van der Waals surface area (Å²) in [6, 6.07) is 3.68. The van der Waals surface area contributed by atoms with Crippen LogP contribution in [0.3, 0.4) is 0 Å². The van der Waals surface area contributed by atoms with Gasteiger partial charge in [-0.1, -0.05) is 19.3 Å². The van der Waals surface area contributed by atoms with Crippen molar-refractivity contribution < 1.29 is 13.9 Å². The summed E-state index contributed by atoms with van der Waals surface area (Å²) >= 11 is 0. The minimum absolute atomic E-state index is 0.0767. The first-order valence-electron chi connectivity index (χ1n) is 7.12. The van der Waals surface area contributed by atoms with Crippen molar-refractivity contribution in [2.75, 3.05) is 6.61 Å². The van der Waals surface area contributed by atoms with Crippen LogP contribution in [0.25, 0.3) is 0 Å². The molecular formula is C15H23NO3. The van der Waals surface area contributed by atoms with Gasteiger partial charge < -0.3 is 14.5 Å². The summed E-state index contributed by atoms with van der Waals surface area (Å²) < 4.78 is 11.1. The Morgan fingerprint density at radius 3 is 2.79 bits per heavy atom. The molecule has 1 atom stereocenters. The highest BCUT2D eigenvalue weighted by molar-refractivity contribution is 5.77. The molecule has 1 amide bonds. The van der Waals surface area contributed by atoms with Crippen LogP contribution in [0.1, 0.15) is 56.6 Å². The second-order valence-electron chi connectivity index (χ2n) is 5.31. The van der Waals surface area contributed by atoms with Crippen LogP contribution in [0.2, 0.25) is 0 Å². The minimum Gasteiger partial charge on any atom is -0.464 e. The largest absolute Gasteiger partial charge is 0.464 e. The molecule has 4 nitrogen and oxygen atoms in total. The maximum absolute atomic E-state index is 11.8. The topological polar surface area (TPSA) is 51.5 Å². The summed E-state index contributed by atoms with van der Waals surface area (Å²) in [6.45, 7) is 3.95. The molecule has 1 fully saturated rings. The molecule has 1 saturated carbocycles. The van der Waals surface area contributed by atoms with Gasteiger partial charge in [-0.05, 0) is 38.8 Å². The lowest BCUT2D eigenvalue weighted by Crippen LogP contribution is -2.32. The summed E-state index contributed by atoms with van der Waals surface area (Å²) in [5, 5.41) is 2.89. The number of hydrogen-bond acceptors (Lipinski definition) is 3. The van der Waals surface area contributed by atoms with E-state index in [0.717, 1.165) is 24.4 Å². The second kappa shape index (κ2) is 6.75. The van der Waals surface area contributed by atoms with E-state index in [1.807, 2.05) is 26.0 Å². The summed E-state index contributed by atoms with van der Waals surface area (Å²) in [6.07, 6.45) is 6.16. The van der Waals surface area contributed by atoms with Crippen molar-refractivity contribution in [3.05, 3.63) is 23.7 Å². The highest BCUT2D eigenvalue weighted by atomic mass is 16.5. The monoisotopic (exact) mass is 265 g/mol. The lowest BCUT2D eigenvalue weighted by atomic mass is 9.98. The molecule has 4 heteroatoms. The number of carbonyl (C=O) groups excluding carboxylic acids is 1. The van der Waals surface area contributed by atoms with Crippen molar-refractivity contribution in [3.8, 4) is 0 Å². The van der Waals surface area contributed by atoms with Gasteiger partial charge in [0.25, 0.3) is 0 Å².